The number of rotatable bonds is 8. The second-order valence-electron chi connectivity index (χ2n) is 9.84. The smallest absolute Gasteiger partial charge is 0.411 e. The maximum Gasteiger partial charge on any atom is 0.411 e. The van der Waals surface area contributed by atoms with Gasteiger partial charge in [-0.05, 0) is 48.7 Å². The fourth-order valence-corrected chi connectivity index (χ4v) is 4.84. The molecular weight excluding hydrogens is 526 g/mol. The van der Waals surface area contributed by atoms with Crippen molar-refractivity contribution in [3.05, 3.63) is 79.9 Å². The number of nitro groups is 2. The molecule has 2 heterocycles. The summed E-state index contributed by atoms with van der Waals surface area (Å²) in [7, 11) is 0. The first-order valence-electron chi connectivity index (χ1n) is 12.7. The largest absolute Gasteiger partial charge is 0.461 e. The number of likely N-dealkylation sites (tertiary alicyclic amines) is 1. The number of piperazine rings is 1. The summed E-state index contributed by atoms with van der Waals surface area (Å²) in [5, 5.41) is 24.9. The molecule has 0 bridgehead atoms. The van der Waals surface area contributed by atoms with Crippen molar-refractivity contribution in [1.29, 1.82) is 0 Å². The van der Waals surface area contributed by atoms with E-state index in [1.54, 1.807) is 11.8 Å². The molecule has 1 N–H and O–H groups in total. The Hall–Kier alpha value is -4.59. The first-order chi connectivity index (χ1) is 19.1. The van der Waals surface area contributed by atoms with Crippen LogP contribution in [0, 0.1) is 26.1 Å². The lowest BCUT2D eigenvalue weighted by Gasteiger charge is -2.39. The molecule has 1 unspecified atom stereocenters. The van der Waals surface area contributed by atoms with Crippen molar-refractivity contribution < 1.29 is 33.7 Å². The van der Waals surface area contributed by atoms with Gasteiger partial charge in [0, 0.05) is 57.0 Å². The summed E-state index contributed by atoms with van der Waals surface area (Å²) in [5.74, 6) is -1.71. The summed E-state index contributed by atoms with van der Waals surface area (Å²) >= 11 is 0. The van der Waals surface area contributed by atoms with Gasteiger partial charge in [-0.2, -0.15) is 0 Å². The number of amides is 2. The van der Waals surface area contributed by atoms with Gasteiger partial charge in [-0.15, -0.1) is 0 Å². The van der Waals surface area contributed by atoms with Crippen LogP contribution < -0.4 is 5.32 Å². The Bertz CT molecular complexity index is 1280. The molecule has 2 fully saturated rings. The second-order valence-corrected chi connectivity index (χ2v) is 9.84. The van der Waals surface area contributed by atoms with Crippen LogP contribution in [0.1, 0.15) is 24.5 Å². The van der Waals surface area contributed by atoms with E-state index < -0.39 is 33.4 Å². The van der Waals surface area contributed by atoms with E-state index in [4.69, 9.17) is 9.47 Å². The topological polar surface area (TPSA) is 174 Å². The van der Waals surface area contributed by atoms with Crippen molar-refractivity contribution in [3.63, 3.8) is 0 Å². The molecule has 2 aliphatic rings. The Morgan fingerprint density at radius 3 is 1.90 bits per heavy atom. The highest BCUT2D eigenvalue weighted by molar-refractivity contribution is 5.92. The standard InChI is InChI=1S/C26H29N5O9/c1-26(24(33)28-12-10-27-11-13-28)14-20(23(32)39-16-18-2-6-21(7-3-18)30(35)36)15-29(26)25(34)40-17-19-4-8-22(9-5-19)31(37)38/h2-9,20,27H,10-17H2,1H3/t20?,26-/m0/s1. The van der Waals surface area contributed by atoms with Crippen LogP contribution in [0.15, 0.2) is 48.5 Å². The molecule has 0 radical (unpaired) electrons. The third-order valence-corrected chi connectivity index (χ3v) is 7.10. The lowest BCUT2D eigenvalue weighted by atomic mass is 9.92. The first-order valence-corrected chi connectivity index (χ1v) is 12.7. The van der Waals surface area contributed by atoms with Crippen molar-refractivity contribution in [2.75, 3.05) is 32.7 Å². The fraction of sp³-hybridized carbons (Fsp3) is 0.423. The number of benzene rings is 2. The zero-order chi connectivity index (χ0) is 28.9. The van der Waals surface area contributed by atoms with Crippen molar-refractivity contribution in [2.45, 2.75) is 32.1 Å². The number of carbonyl (C=O) groups excluding carboxylic acids is 3. The van der Waals surface area contributed by atoms with E-state index in [9.17, 15) is 34.6 Å². The van der Waals surface area contributed by atoms with Gasteiger partial charge in [0.25, 0.3) is 11.4 Å². The summed E-state index contributed by atoms with van der Waals surface area (Å²) in [6.45, 7) is 3.31. The van der Waals surface area contributed by atoms with Crippen LogP contribution in [-0.4, -0.2) is 75.9 Å². The first kappa shape index (κ1) is 28.4. The number of nitrogens with zero attached hydrogens (tertiary/aromatic N) is 4. The molecule has 0 saturated carbocycles. The molecule has 0 aliphatic carbocycles. The number of hydrogen-bond donors (Lipinski definition) is 1. The number of esters is 1. The van der Waals surface area contributed by atoms with Crippen LogP contribution in [0.2, 0.25) is 0 Å². The molecule has 0 aromatic heterocycles. The van der Waals surface area contributed by atoms with Gasteiger partial charge in [0.05, 0.1) is 15.8 Å². The third kappa shape index (κ3) is 6.34. The lowest BCUT2D eigenvalue weighted by molar-refractivity contribution is -0.385. The van der Waals surface area contributed by atoms with E-state index in [1.807, 2.05) is 0 Å². The van der Waals surface area contributed by atoms with Gasteiger partial charge in [0.2, 0.25) is 5.91 Å². The normalized spacial score (nSPS) is 20.6. The van der Waals surface area contributed by atoms with Crippen LogP contribution in [0.25, 0.3) is 0 Å². The summed E-state index contributed by atoms with van der Waals surface area (Å²) in [6.07, 6.45) is -0.767. The zero-order valence-corrected chi connectivity index (χ0v) is 21.8. The summed E-state index contributed by atoms with van der Waals surface area (Å²) in [4.78, 5) is 63.4. The van der Waals surface area contributed by atoms with Gasteiger partial charge in [0.1, 0.15) is 18.8 Å². The molecule has 2 aliphatic heterocycles. The minimum atomic E-state index is -1.36. The molecule has 2 aromatic carbocycles. The number of carbonyl (C=O) groups is 3. The molecule has 14 nitrogen and oxygen atoms in total. The highest BCUT2D eigenvalue weighted by Crippen LogP contribution is 2.36. The maximum absolute atomic E-state index is 13.6. The van der Waals surface area contributed by atoms with E-state index in [0.717, 1.165) is 0 Å². The Kier molecular flexibility index (Phi) is 8.58. The van der Waals surface area contributed by atoms with Crippen LogP contribution in [0.5, 0.6) is 0 Å². The average Bonchev–Trinajstić information content (AvgIpc) is 3.33. The molecule has 40 heavy (non-hydrogen) atoms. The molecular formula is C26H29N5O9. The van der Waals surface area contributed by atoms with Gasteiger partial charge in [-0.3, -0.25) is 34.7 Å². The molecule has 0 spiro atoms. The minimum Gasteiger partial charge on any atom is -0.461 e. The molecule has 2 aromatic rings. The lowest BCUT2D eigenvalue weighted by Crippen LogP contribution is -2.59. The van der Waals surface area contributed by atoms with Crippen molar-refractivity contribution in [2.24, 2.45) is 5.92 Å². The van der Waals surface area contributed by atoms with E-state index in [1.165, 1.54) is 53.4 Å². The Morgan fingerprint density at radius 2 is 1.40 bits per heavy atom. The number of hydrogen-bond acceptors (Lipinski definition) is 10. The average molecular weight is 556 g/mol. The van der Waals surface area contributed by atoms with Gasteiger partial charge in [0.15, 0.2) is 0 Å². The Labute approximate surface area is 229 Å². The number of nitro benzene ring substituents is 2. The molecule has 2 amide bonds. The van der Waals surface area contributed by atoms with E-state index in [-0.39, 0.29) is 43.5 Å². The monoisotopic (exact) mass is 555 g/mol. The van der Waals surface area contributed by atoms with Gasteiger partial charge in [-0.25, -0.2) is 4.79 Å². The highest BCUT2D eigenvalue weighted by atomic mass is 16.6. The van der Waals surface area contributed by atoms with Gasteiger partial charge in [-0.1, -0.05) is 0 Å². The number of nitrogens with one attached hydrogen (secondary N) is 1. The van der Waals surface area contributed by atoms with E-state index in [0.29, 0.717) is 37.3 Å². The van der Waals surface area contributed by atoms with Gasteiger partial charge >= 0.3 is 12.1 Å². The molecule has 2 saturated heterocycles. The van der Waals surface area contributed by atoms with Crippen molar-refractivity contribution >= 4 is 29.3 Å². The zero-order valence-electron chi connectivity index (χ0n) is 21.8. The maximum atomic E-state index is 13.6. The summed E-state index contributed by atoms with van der Waals surface area (Å²) in [5.41, 5.74) is -0.473. The van der Waals surface area contributed by atoms with E-state index in [2.05, 4.69) is 5.32 Å². The number of non-ortho nitro benzene ring substituents is 2. The highest BCUT2D eigenvalue weighted by Gasteiger charge is 2.54. The summed E-state index contributed by atoms with van der Waals surface area (Å²) < 4.78 is 10.9. The van der Waals surface area contributed by atoms with Crippen molar-refractivity contribution in [1.82, 2.24) is 15.1 Å². The Morgan fingerprint density at radius 1 is 0.900 bits per heavy atom. The number of ether oxygens (including phenoxy) is 2. The van der Waals surface area contributed by atoms with Crippen LogP contribution in [0.4, 0.5) is 16.2 Å². The molecule has 4 rings (SSSR count). The predicted molar refractivity (Wildman–Crippen MR) is 139 cm³/mol. The fourth-order valence-electron chi connectivity index (χ4n) is 4.84. The van der Waals surface area contributed by atoms with Crippen LogP contribution in [0.3, 0.4) is 0 Å². The minimum absolute atomic E-state index is 0.0293. The van der Waals surface area contributed by atoms with Gasteiger partial charge < -0.3 is 19.7 Å². The van der Waals surface area contributed by atoms with Crippen LogP contribution >= 0.6 is 0 Å². The predicted octanol–water partition coefficient (Wildman–Crippen LogP) is 2.40. The molecule has 14 heteroatoms. The van der Waals surface area contributed by atoms with Crippen LogP contribution in [-0.2, 0) is 32.3 Å². The van der Waals surface area contributed by atoms with E-state index >= 15 is 0 Å². The SMILES string of the molecule is C[C@@]1(C(=O)N2CCNCC2)CC(C(=O)OCc2ccc([N+](=O)[O-])cc2)CN1C(=O)OCc1ccc([N+](=O)[O-])cc1. The quantitative estimate of drug-likeness (QED) is 0.289. The second kappa shape index (κ2) is 12.1. The molecule has 212 valence electrons. The van der Waals surface area contributed by atoms with Crippen molar-refractivity contribution in [3.8, 4) is 0 Å². The third-order valence-electron chi connectivity index (χ3n) is 7.10. The molecule has 2 atom stereocenters. The summed E-state index contributed by atoms with van der Waals surface area (Å²) in [6, 6.07) is 11.1. The Balaban J connectivity index is 1.45.